The van der Waals surface area contributed by atoms with Gasteiger partial charge in [0.1, 0.15) is 16.3 Å². The molecule has 0 aliphatic rings. The van der Waals surface area contributed by atoms with Gasteiger partial charge in [0.2, 0.25) is 10.0 Å². The molecule has 3 aromatic rings. The van der Waals surface area contributed by atoms with E-state index in [2.05, 4.69) is 0 Å². The van der Waals surface area contributed by atoms with Gasteiger partial charge in [0.05, 0.1) is 12.8 Å². The molecule has 0 saturated carbocycles. The Kier molecular flexibility index (Phi) is 6.48. The van der Waals surface area contributed by atoms with Crippen LogP contribution in [0.4, 0.5) is 5.69 Å². The van der Waals surface area contributed by atoms with Crippen molar-refractivity contribution < 1.29 is 17.6 Å². The highest BCUT2D eigenvalue weighted by atomic mass is 32.2. The summed E-state index contributed by atoms with van der Waals surface area (Å²) in [6.45, 7) is 6.52. The van der Waals surface area contributed by atoms with E-state index >= 15 is 0 Å². The predicted molar refractivity (Wildman–Crippen MR) is 116 cm³/mol. The van der Waals surface area contributed by atoms with Crippen LogP contribution in [-0.4, -0.2) is 36.3 Å². The van der Waals surface area contributed by atoms with Gasteiger partial charge < -0.3 is 8.98 Å². The Bertz CT molecular complexity index is 1100. The molecule has 0 N–H and O–H groups in total. The lowest BCUT2D eigenvalue weighted by Gasteiger charge is -2.22. The first kappa shape index (κ1) is 21.9. The zero-order chi connectivity index (χ0) is 21.9. The molecule has 0 aliphatic heterocycles. The first-order valence-corrected chi connectivity index (χ1v) is 11.3. The maximum atomic E-state index is 13.5. The number of carbonyl (C=O) groups is 1. The summed E-state index contributed by atoms with van der Waals surface area (Å²) in [5.41, 5.74) is 2.07. The highest BCUT2D eigenvalue weighted by Crippen LogP contribution is 2.24. The molecule has 2 aromatic heterocycles. The van der Waals surface area contributed by atoms with Crippen LogP contribution < -0.4 is 4.90 Å². The molecule has 1 aromatic carbocycles. The number of anilines is 1. The Labute approximate surface area is 177 Å². The van der Waals surface area contributed by atoms with Gasteiger partial charge in [-0.25, -0.2) is 8.42 Å². The molecular weight excluding hydrogens is 402 g/mol. The van der Waals surface area contributed by atoms with Gasteiger partial charge in [-0.05, 0) is 37.3 Å². The summed E-state index contributed by atoms with van der Waals surface area (Å²) < 4.78 is 34.1. The summed E-state index contributed by atoms with van der Waals surface area (Å²) in [6.07, 6.45) is 3.05. The number of amides is 1. The number of hydrogen-bond donors (Lipinski definition) is 0. The second-order valence-electron chi connectivity index (χ2n) is 7.07. The highest BCUT2D eigenvalue weighted by molar-refractivity contribution is 7.89. The normalized spacial score (nSPS) is 11.8. The third-order valence-corrected chi connectivity index (χ3v) is 7.04. The zero-order valence-corrected chi connectivity index (χ0v) is 18.5. The van der Waals surface area contributed by atoms with E-state index in [9.17, 15) is 13.2 Å². The summed E-state index contributed by atoms with van der Waals surface area (Å²) in [6, 6.07) is 12.6. The third kappa shape index (κ3) is 4.34. The van der Waals surface area contributed by atoms with Crippen molar-refractivity contribution >= 4 is 21.6 Å². The molecule has 0 aliphatic carbocycles. The molecule has 8 heteroatoms. The Morgan fingerprint density at radius 3 is 2.33 bits per heavy atom. The maximum Gasteiger partial charge on any atom is 0.275 e. The van der Waals surface area contributed by atoms with E-state index in [0.717, 1.165) is 5.56 Å². The Balaban J connectivity index is 2.00. The molecule has 30 heavy (non-hydrogen) atoms. The minimum atomic E-state index is -3.66. The van der Waals surface area contributed by atoms with Crippen LogP contribution in [-0.2, 0) is 23.6 Å². The van der Waals surface area contributed by atoms with Gasteiger partial charge in [0, 0.05) is 32.0 Å². The number of sulfonamides is 1. The van der Waals surface area contributed by atoms with Gasteiger partial charge in [-0.3, -0.25) is 9.69 Å². The van der Waals surface area contributed by atoms with Crippen LogP contribution in [0.3, 0.4) is 0 Å². The minimum absolute atomic E-state index is 0.110. The van der Waals surface area contributed by atoms with Gasteiger partial charge >= 0.3 is 0 Å². The maximum absolute atomic E-state index is 13.5. The summed E-state index contributed by atoms with van der Waals surface area (Å²) >= 11 is 0. The molecule has 1 amide bonds. The van der Waals surface area contributed by atoms with E-state index in [1.54, 1.807) is 48.8 Å². The van der Waals surface area contributed by atoms with Crippen molar-refractivity contribution in [3.05, 3.63) is 71.9 Å². The van der Waals surface area contributed by atoms with Crippen molar-refractivity contribution in [1.82, 2.24) is 8.87 Å². The van der Waals surface area contributed by atoms with E-state index in [0.29, 0.717) is 24.5 Å². The second-order valence-corrected chi connectivity index (χ2v) is 9.01. The van der Waals surface area contributed by atoms with Crippen LogP contribution in [0, 0.1) is 6.92 Å². The fourth-order valence-electron chi connectivity index (χ4n) is 3.30. The highest BCUT2D eigenvalue weighted by Gasteiger charge is 2.28. The lowest BCUT2D eigenvalue weighted by atomic mass is 10.2. The average Bonchev–Trinajstić information content (AvgIpc) is 3.37. The molecule has 7 nitrogen and oxygen atoms in total. The molecule has 0 fully saturated rings. The largest absolute Gasteiger partial charge is 0.467 e. The van der Waals surface area contributed by atoms with Crippen LogP contribution in [0.2, 0.25) is 0 Å². The third-order valence-electron chi connectivity index (χ3n) is 5.03. The molecule has 0 radical (unpaired) electrons. The zero-order valence-electron chi connectivity index (χ0n) is 17.7. The van der Waals surface area contributed by atoms with Gasteiger partial charge in [-0.15, -0.1) is 0 Å². The summed E-state index contributed by atoms with van der Waals surface area (Å²) in [5.74, 6) is 0.327. The molecule has 0 unspecified atom stereocenters. The summed E-state index contributed by atoms with van der Waals surface area (Å²) in [4.78, 5) is 15.2. The number of nitrogens with zero attached hydrogens (tertiary/aromatic N) is 3. The molecule has 160 valence electrons. The molecular formula is C22H27N3O4S. The second kappa shape index (κ2) is 8.89. The quantitative estimate of drug-likeness (QED) is 0.546. The standard InChI is InChI=1S/C22H27N3O4S/c1-5-24(6-2)30(27,28)20-14-21(23(4)16-20)22(26)25(15-19-8-7-13-29-19)18-11-9-17(3)10-12-18/h7-14,16H,5-6,15H2,1-4H3. The van der Waals surface area contributed by atoms with Gasteiger partial charge in [0.25, 0.3) is 5.91 Å². The van der Waals surface area contributed by atoms with E-state index in [-0.39, 0.29) is 23.0 Å². The topological polar surface area (TPSA) is 75.8 Å². The number of benzene rings is 1. The van der Waals surface area contributed by atoms with E-state index < -0.39 is 10.0 Å². The van der Waals surface area contributed by atoms with Crippen LogP contribution in [0.15, 0.2) is 64.2 Å². The summed E-state index contributed by atoms with van der Waals surface area (Å²) in [5, 5.41) is 0. The molecule has 3 rings (SSSR count). The Morgan fingerprint density at radius 1 is 1.10 bits per heavy atom. The lowest BCUT2D eigenvalue weighted by Crippen LogP contribution is -2.31. The van der Waals surface area contributed by atoms with Gasteiger partial charge in [0.15, 0.2) is 0 Å². The number of hydrogen-bond acceptors (Lipinski definition) is 4. The van der Waals surface area contributed by atoms with E-state index in [1.807, 2.05) is 31.2 Å². The summed E-state index contributed by atoms with van der Waals surface area (Å²) in [7, 11) is -1.98. The molecule has 0 spiro atoms. The van der Waals surface area contributed by atoms with E-state index in [1.165, 1.54) is 16.6 Å². The monoisotopic (exact) mass is 429 g/mol. The molecule has 2 heterocycles. The van der Waals surface area contributed by atoms with Crippen molar-refractivity contribution in [2.75, 3.05) is 18.0 Å². The fraction of sp³-hybridized carbons (Fsp3) is 0.318. The van der Waals surface area contributed by atoms with Crippen LogP contribution in [0.25, 0.3) is 0 Å². The van der Waals surface area contributed by atoms with Crippen molar-refractivity contribution in [3.8, 4) is 0 Å². The lowest BCUT2D eigenvalue weighted by molar-refractivity contribution is 0.0975. The molecule has 0 atom stereocenters. The average molecular weight is 430 g/mol. The Morgan fingerprint density at radius 2 is 1.77 bits per heavy atom. The smallest absolute Gasteiger partial charge is 0.275 e. The molecule has 0 bridgehead atoms. The first-order valence-electron chi connectivity index (χ1n) is 9.85. The van der Waals surface area contributed by atoms with Gasteiger partial charge in [-0.1, -0.05) is 31.5 Å². The van der Waals surface area contributed by atoms with Gasteiger partial charge in [-0.2, -0.15) is 4.31 Å². The Hall–Kier alpha value is -2.84. The predicted octanol–water partition coefficient (Wildman–Crippen LogP) is 3.80. The number of carbonyl (C=O) groups excluding carboxylic acids is 1. The van der Waals surface area contributed by atoms with Crippen LogP contribution in [0.1, 0.15) is 35.7 Å². The number of aromatic nitrogens is 1. The van der Waals surface area contributed by atoms with Crippen molar-refractivity contribution in [2.45, 2.75) is 32.2 Å². The van der Waals surface area contributed by atoms with Crippen molar-refractivity contribution in [2.24, 2.45) is 7.05 Å². The SMILES string of the molecule is CCN(CC)S(=O)(=O)c1cc(C(=O)N(Cc2ccco2)c2ccc(C)cc2)n(C)c1. The van der Waals surface area contributed by atoms with Crippen molar-refractivity contribution in [1.29, 1.82) is 0 Å². The number of furan rings is 1. The first-order chi connectivity index (χ1) is 14.3. The minimum Gasteiger partial charge on any atom is -0.467 e. The molecule has 0 saturated heterocycles. The fourth-order valence-corrected chi connectivity index (χ4v) is 4.83. The van der Waals surface area contributed by atoms with Crippen LogP contribution in [0.5, 0.6) is 0 Å². The van der Waals surface area contributed by atoms with Crippen molar-refractivity contribution in [3.63, 3.8) is 0 Å². The number of aryl methyl sites for hydroxylation is 2. The number of rotatable bonds is 8. The van der Waals surface area contributed by atoms with Crippen LogP contribution >= 0.6 is 0 Å². The van der Waals surface area contributed by atoms with E-state index in [4.69, 9.17) is 4.42 Å².